The largest absolute Gasteiger partial charge is 0.294 e. The van der Waals surface area contributed by atoms with Crippen LogP contribution in [0.5, 0.6) is 0 Å². The number of rotatable bonds is 4. The van der Waals surface area contributed by atoms with Crippen molar-refractivity contribution in [3.05, 3.63) is 94.9 Å². The molecule has 3 rings (SSSR count). The van der Waals surface area contributed by atoms with E-state index in [1.807, 2.05) is 54.6 Å². The molecule has 1 aliphatic carbocycles. The van der Waals surface area contributed by atoms with Gasteiger partial charge in [0.2, 0.25) is 0 Å². The Balaban J connectivity index is 2.22. The minimum atomic E-state index is -4.24. The number of hydrogen-bond acceptors (Lipinski definition) is 2. The molecule has 0 heterocycles. The summed E-state index contributed by atoms with van der Waals surface area (Å²) in [7, 11) is -1.47. The van der Waals surface area contributed by atoms with Gasteiger partial charge in [-0.2, -0.15) is 8.42 Å². The Morgan fingerprint density at radius 1 is 1.00 bits per heavy atom. The normalized spacial score (nSPS) is 23.8. The lowest BCUT2D eigenvalue weighted by molar-refractivity contribution is 0.488. The fraction of sp³-hybridized carbons (Fsp3) is 0.158. The molecule has 0 spiro atoms. The molecule has 0 saturated heterocycles. The average molecular weight is 358 g/mol. The second-order valence-electron chi connectivity index (χ2n) is 5.88. The molecule has 3 atom stereocenters. The molecule has 3 unspecified atom stereocenters. The summed E-state index contributed by atoms with van der Waals surface area (Å²) >= 11 is 0. The van der Waals surface area contributed by atoms with E-state index < -0.39 is 10.1 Å². The van der Waals surface area contributed by atoms with E-state index >= 15 is 0 Å². The first-order chi connectivity index (χ1) is 11.5. The van der Waals surface area contributed by atoms with Crippen LogP contribution in [0.25, 0.3) is 0 Å². The fourth-order valence-electron chi connectivity index (χ4n) is 3.27. The Hall–Kier alpha value is -1.74. The molecule has 1 N–H and O–H groups in total. The zero-order chi connectivity index (χ0) is 17.2. The van der Waals surface area contributed by atoms with E-state index in [9.17, 15) is 13.0 Å². The maximum absolute atomic E-state index is 11.6. The van der Waals surface area contributed by atoms with Crippen LogP contribution in [0.15, 0.2) is 83.8 Å². The van der Waals surface area contributed by atoms with Gasteiger partial charge in [-0.1, -0.05) is 72.8 Å². The summed E-state index contributed by atoms with van der Waals surface area (Å²) in [6, 6.07) is 19.8. The SMILES string of the molecule is O=S(=O)(O)C1=CC(c2ccccc2)C(CP)(c2ccccc2)C=C1. The minimum absolute atomic E-state index is 0.0543. The van der Waals surface area contributed by atoms with Crippen LogP contribution in [0.1, 0.15) is 17.0 Å². The molecule has 0 amide bonds. The van der Waals surface area contributed by atoms with Gasteiger partial charge >= 0.3 is 0 Å². The van der Waals surface area contributed by atoms with Gasteiger partial charge in [0.25, 0.3) is 10.1 Å². The van der Waals surface area contributed by atoms with Crippen LogP contribution in [0.2, 0.25) is 0 Å². The maximum atomic E-state index is 11.6. The zero-order valence-corrected chi connectivity index (χ0v) is 15.0. The van der Waals surface area contributed by atoms with Gasteiger partial charge in [0, 0.05) is 11.3 Å². The van der Waals surface area contributed by atoms with E-state index in [0.29, 0.717) is 0 Å². The van der Waals surface area contributed by atoms with Gasteiger partial charge in [-0.15, -0.1) is 9.24 Å². The maximum Gasteiger partial charge on any atom is 0.294 e. The third-order valence-electron chi connectivity index (χ3n) is 4.54. The highest BCUT2D eigenvalue weighted by Gasteiger charge is 2.39. The monoisotopic (exact) mass is 358 g/mol. The zero-order valence-electron chi connectivity index (χ0n) is 13.0. The van der Waals surface area contributed by atoms with Crippen molar-refractivity contribution in [2.45, 2.75) is 11.3 Å². The van der Waals surface area contributed by atoms with Crippen molar-refractivity contribution in [2.75, 3.05) is 6.16 Å². The van der Waals surface area contributed by atoms with Crippen LogP contribution in [-0.4, -0.2) is 19.1 Å². The Kier molecular flexibility index (Phi) is 4.73. The molecular weight excluding hydrogens is 339 g/mol. The second-order valence-corrected chi connectivity index (χ2v) is 7.71. The lowest BCUT2D eigenvalue weighted by Crippen LogP contribution is -2.35. The Morgan fingerprint density at radius 2 is 1.58 bits per heavy atom. The van der Waals surface area contributed by atoms with Gasteiger partial charge in [0.15, 0.2) is 0 Å². The van der Waals surface area contributed by atoms with Gasteiger partial charge in [-0.05, 0) is 23.4 Å². The molecule has 1 aliphatic rings. The second kappa shape index (κ2) is 6.64. The molecule has 24 heavy (non-hydrogen) atoms. The predicted molar refractivity (Wildman–Crippen MR) is 101 cm³/mol. The van der Waals surface area contributed by atoms with Crippen LogP contribution < -0.4 is 0 Å². The Bertz CT molecular complexity index is 873. The van der Waals surface area contributed by atoms with Crippen LogP contribution in [0.3, 0.4) is 0 Å². The average Bonchev–Trinajstić information content (AvgIpc) is 2.62. The van der Waals surface area contributed by atoms with E-state index in [1.165, 1.54) is 6.08 Å². The van der Waals surface area contributed by atoms with Crippen LogP contribution in [-0.2, 0) is 15.5 Å². The van der Waals surface area contributed by atoms with E-state index in [-0.39, 0.29) is 16.2 Å². The summed E-state index contributed by atoms with van der Waals surface area (Å²) in [4.78, 5) is -0.0543. The fourth-order valence-corrected chi connectivity index (χ4v) is 4.44. The lowest BCUT2D eigenvalue weighted by atomic mass is 9.67. The first kappa shape index (κ1) is 17.1. The van der Waals surface area contributed by atoms with Crippen molar-refractivity contribution in [3.63, 3.8) is 0 Å². The number of hydrogen-bond donors (Lipinski definition) is 1. The van der Waals surface area contributed by atoms with Gasteiger partial charge in [-0.25, -0.2) is 0 Å². The van der Waals surface area contributed by atoms with Crippen molar-refractivity contribution in [2.24, 2.45) is 0 Å². The summed E-state index contributed by atoms with van der Waals surface area (Å²) in [6.45, 7) is 0. The number of allylic oxidation sites excluding steroid dienone is 3. The van der Waals surface area contributed by atoms with E-state index in [0.717, 1.165) is 17.3 Å². The molecule has 0 radical (unpaired) electrons. The number of benzene rings is 2. The summed E-state index contributed by atoms with van der Waals surface area (Å²) in [5.74, 6) is -0.194. The smallest absolute Gasteiger partial charge is 0.282 e. The third-order valence-corrected chi connectivity index (χ3v) is 6.08. The van der Waals surface area contributed by atoms with Gasteiger partial charge in [-0.3, -0.25) is 4.55 Å². The van der Waals surface area contributed by atoms with Crippen molar-refractivity contribution in [1.82, 2.24) is 0 Å². The van der Waals surface area contributed by atoms with E-state index in [1.54, 1.807) is 6.08 Å². The summed E-state index contributed by atoms with van der Waals surface area (Å²) in [6.07, 6.45) is 5.78. The van der Waals surface area contributed by atoms with Crippen molar-refractivity contribution in [3.8, 4) is 0 Å². The van der Waals surface area contributed by atoms with E-state index in [4.69, 9.17) is 0 Å². The van der Waals surface area contributed by atoms with Crippen LogP contribution in [0.4, 0.5) is 0 Å². The molecule has 0 aromatic heterocycles. The Morgan fingerprint density at radius 3 is 2.12 bits per heavy atom. The molecule has 0 saturated carbocycles. The predicted octanol–water partition coefficient (Wildman–Crippen LogP) is 3.92. The van der Waals surface area contributed by atoms with Crippen LogP contribution >= 0.6 is 9.24 Å². The van der Waals surface area contributed by atoms with Crippen molar-refractivity contribution in [1.29, 1.82) is 0 Å². The van der Waals surface area contributed by atoms with Gasteiger partial charge < -0.3 is 0 Å². The van der Waals surface area contributed by atoms with E-state index in [2.05, 4.69) is 21.4 Å². The first-order valence-electron chi connectivity index (χ1n) is 7.66. The standard InChI is InChI=1S/C19H19O3PS/c20-24(21,22)17-11-12-19(14-23,16-9-5-2-6-10-16)18(13-17)15-7-3-1-4-8-15/h1-13,18H,14,23H2,(H,20,21,22). The molecule has 2 aromatic rings. The lowest BCUT2D eigenvalue weighted by Gasteiger charge is -2.39. The molecule has 0 fully saturated rings. The molecule has 124 valence electrons. The molecule has 2 aromatic carbocycles. The Labute approximate surface area is 145 Å². The highest BCUT2D eigenvalue weighted by Crippen LogP contribution is 2.46. The summed E-state index contributed by atoms with van der Waals surface area (Å²) in [5, 5.41) is 0. The molecule has 3 nitrogen and oxygen atoms in total. The molecule has 5 heteroatoms. The summed E-state index contributed by atoms with van der Waals surface area (Å²) in [5.41, 5.74) is 1.73. The molecule has 0 bridgehead atoms. The highest BCUT2D eigenvalue weighted by atomic mass is 32.2. The molecule has 0 aliphatic heterocycles. The van der Waals surface area contributed by atoms with Gasteiger partial charge in [0.05, 0.1) is 4.91 Å². The quantitative estimate of drug-likeness (QED) is 0.666. The van der Waals surface area contributed by atoms with Crippen LogP contribution in [0, 0.1) is 0 Å². The summed E-state index contributed by atoms with van der Waals surface area (Å²) < 4.78 is 32.7. The van der Waals surface area contributed by atoms with Crippen molar-refractivity contribution >= 4 is 19.4 Å². The van der Waals surface area contributed by atoms with Gasteiger partial charge in [0.1, 0.15) is 0 Å². The topological polar surface area (TPSA) is 54.4 Å². The molecular formula is C19H19O3PS. The highest BCUT2D eigenvalue weighted by molar-refractivity contribution is 7.90. The minimum Gasteiger partial charge on any atom is -0.282 e. The first-order valence-corrected chi connectivity index (χ1v) is 9.92. The van der Waals surface area contributed by atoms with Crippen molar-refractivity contribution < 1.29 is 13.0 Å². The third kappa shape index (κ3) is 3.10.